The van der Waals surface area contributed by atoms with E-state index in [4.69, 9.17) is 5.73 Å². The number of fused-ring (bicyclic) bond motifs is 1. The number of H-pyrrole nitrogens is 1. The second kappa shape index (κ2) is 5.84. The lowest BCUT2D eigenvalue weighted by Gasteiger charge is -2.03. The highest BCUT2D eigenvalue weighted by Crippen LogP contribution is 2.21. The van der Waals surface area contributed by atoms with Crippen LogP contribution in [0, 0.1) is 0 Å². The van der Waals surface area contributed by atoms with E-state index in [0.717, 1.165) is 11.3 Å². The van der Waals surface area contributed by atoms with Crippen LogP contribution in [0.2, 0.25) is 0 Å². The number of rotatable bonds is 4. The van der Waals surface area contributed by atoms with E-state index in [9.17, 15) is 9.90 Å². The highest BCUT2D eigenvalue weighted by atomic mass is 16.4. The lowest BCUT2D eigenvalue weighted by atomic mass is 10.2. The van der Waals surface area contributed by atoms with Crippen molar-refractivity contribution in [3.63, 3.8) is 0 Å². The molecule has 0 radical (unpaired) electrons. The first-order valence-corrected chi connectivity index (χ1v) is 7.57. The molecule has 0 aliphatic carbocycles. The van der Waals surface area contributed by atoms with E-state index >= 15 is 0 Å². The average Bonchev–Trinajstić information content (AvgIpc) is 3.28. The number of aromatic carboxylic acids is 1. The van der Waals surface area contributed by atoms with Crippen molar-refractivity contribution in [2.45, 2.75) is 6.54 Å². The van der Waals surface area contributed by atoms with Crippen LogP contribution in [0.25, 0.3) is 28.2 Å². The number of carboxylic acid groups (broad SMARTS) is 1. The quantitative estimate of drug-likeness (QED) is 0.524. The molecule has 25 heavy (non-hydrogen) atoms. The maximum Gasteiger partial charge on any atom is 0.339 e. The van der Waals surface area contributed by atoms with Gasteiger partial charge in [-0.05, 0) is 17.7 Å². The Bertz CT molecular complexity index is 1080. The second-order valence-corrected chi connectivity index (χ2v) is 5.50. The van der Waals surface area contributed by atoms with E-state index in [1.54, 1.807) is 12.5 Å². The van der Waals surface area contributed by atoms with Gasteiger partial charge >= 0.3 is 5.97 Å². The number of aromatic nitrogens is 5. The summed E-state index contributed by atoms with van der Waals surface area (Å²) in [7, 11) is 0. The van der Waals surface area contributed by atoms with Gasteiger partial charge in [0.25, 0.3) is 0 Å². The number of nitrogens with one attached hydrogen (secondary N) is 1. The predicted molar refractivity (Wildman–Crippen MR) is 91.3 cm³/mol. The minimum absolute atomic E-state index is 0.0828. The number of imidazole rings is 1. The van der Waals surface area contributed by atoms with Crippen LogP contribution >= 0.6 is 0 Å². The Kier molecular flexibility index (Phi) is 3.51. The largest absolute Gasteiger partial charge is 0.478 e. The summed E-state index contributed by atoms with van der Waals surface area (Å²) in [5.41, 5.74) is 9.56. The summed E-state index contributed by atoms with van der Waals surface area (Å²) < 4.78 is 1.86. The number of nitrogens with zero attached hydrogens (tertiary/aromatic N) is 4. The van der Waals surface area contributed by atoms with Crippen molar-refractivity contribution in [3.05, 3.63) is 60.3 Å². The minimum atomic E-state index is -1.05. The van der Waals surface area contributed by atoms with Gasteiger partial charge in [-0.15, -0.1) is 0 Å². The summed E-state index contributed by atoms with van der Waals surface area (Å²) in [6.45, 7) is 0.461. The molecular formula is C17H14N6O2. The number of benzene rings is 1. The summed E-state index contributed by atoms with van der Waals surface area (Å²) in [6, 6.07) is 7.82. The van der Waals surface area contributed by atoms with E-state index in [1.807, 2.05) is 35.0 Å². The van der Waals surface area contributed by atoms with Crippen molar-refractivity contribution in [1.82, 2.24) is 24.5 Å². The highest BCUT2D eigenvalue weighted by molar-refractivity contribution is 6.00. The zero-order chi connectivity index (χ0) is 17.4. The highest BCUT2D eigenvalue weighted by Gasteiger charge is 2.15. The van der Waals surface area contributed by atoms with Crippen LogP contribution in [0.1, 0.15) is 15.9 Å². The van der Waals surface area contributed by atoms with Crippen molar-refractivity contribution in [2.24, 2.45) is 5.73 Å². The Morgan fingerprint density at radius 2 is 2.16 bits per heavy atom. The van der Waals surface area contributed by atoms with Gasteiger partial charge in [-0.25, -0.2) is 19.7 Å². The molecule has 0 aliphatic heterocycles. The molecule has 3 aromatic heterocycles. The lowest BCUT2D eigenvalue weighted by Crippen LogP contribution is -1.98. The fourth-order valence-corrected chi connectivity index (χ4v) is 2.62. The fourth-order valence-electron chi connectivity index (χ4n) is 2.62. The third kappa shape index (κ3) is 2.64. The number of nitrogens with two attached hydrogens (primary N) is 1. The summed E-state index contributed by atoms with van der Waals surface area (Å²) in [5, 5.41) is 9.22. The van der Waals surface area contributed by atoms with Crippen LogP contribution in [0.5, 0.6) is 0 Å². The predicted octanol–water partition coefficient (Wildman–Crippen LogP) is 1.97. The van der Waals surface area contributed by atoms with E-state index in [1.165, 1.54) is 6.20 Å². The maximum atomic E-state index is 11.3. The topological polar surface area (TPSA) is 123 Å². The van der Waals surface area contributed by atoms with Crippen LogP contribution in [-0.4, -0.2) is 35.6 Å². The number of hydrogen-bond acceptors (Lipinski definition) is 5. The molecule has 0 fully saturated rings. The zero-order valence-corrected chi connectivity index (χ0v) is 13.0. The van der Waals surface area contributed by atoms with Gasteiger partial charge in [-0.3, -0.25) is 0 Å². The third-order valence-electron chi connectivity index (χ3n) is 3.90. The number of carbonyl (C=O) groups is 1. The molecule has 0 atom stereocenters. The molecule has 3 heterocycles. The van der Waals surface area contributed by atoms with Crippen molar-refractivity contribution >= 4 is 17.1 Å². The molecule has 4 aromatic rings. The molecule has 0 saturated heterocycles. The first kappa shape index (κ1) is 15.0. The number of aromatic amines is 1. The van der Waals surface area contributed by atoms with E-state index < -0.39 is 5.97 Å². The standard InChI is InChI=1S/C17H14N6O2/c18-5-10-2-1-3-11(4-10)23-8-14(21-9-23)13-7-20-16-15(22-13)12(6-19-16)17(24)25/h1-4,6-9H,5,18H2,(H,19,20)(H,24,25). The van der Waals surface area contributed by atoms with Gasteiger partial charge < -0.3 is 20.4 Å². The zero-order valence-electron chi connectivity index (χ0n) is 13.0. The third-order valence-corrected chi connectivity index (χ3v) is 3.90. The summed E-state index contributed by atoms with van der Waals surface area (Å²) >= 11 is 0. The van der Waals surface area contributed by atoms with Gasteiger partial charge in [0.1, 0.15) is 22.5 Å². The molecule has 8 heteroatoms. The SMILES string of the molecule is NCc1cccc(-n2cnc(-c3cnc4[nH]cc(C(=O)O)c4n3)c2)c1. The van der Waals surface area contributed by atoms with E-state index in [2.05, 4.69) is 19.9 Å². The van der Waals surface area contributed by atoms with Crippen molar-refractivity contribution in [3.8, 4) is 17.1 Å². The lowest BCUT2D eigenvalue weighted by molar-refractivity contribution is 0.0699. The summed E-state index contributed by atoms with van der Waals surface area (Å²) in [5.74, 6) is -1.05. The van der Waals surface area contributed by atoms with Gasteiger partial charge in [0.15, 0.2) is 5.65 Å². The molecule has 8 nitrogen and oxygen atoms in total. The molecule has 0 spiro atoms. The number of hydrogen-bond donors (Lipinski definition) is 3. The Labute approximate surface area is 142 Å². The average molecular weight is 334 g/mol. The van der Waals surface area contributed by atoms with Crippen LogP contribution < -0.4 is 5.73 Å². The first-order valence-electron chi connectivity index (χ1n) is 7.57. The van der Waals surface area contributed by atoms with Crippen LogP contribution in [0.4, 0.5) is 0 Å². The van der Waals surface area contributed by atoms with Gasteiger partial charge in [0, 0.05) is 24.6 Å². The summed E-state index contributed by atoms with van der Waals surface area (Å²) in [6.07, 6.45) is 6.44. The molecule has 0 bridgehead atoms. The van der Waals surface area contributed by atoms with Crippen molar-refractivity contribution in [2.75, 3.05) is 0 Å². The first-order chi connectivity index (χ1) is 12.2. The van der Waals surface area contributed by atoms with E-state index in [-0.39, 0.29) is 5.56 Å². The monoisotopic (exact) mass is 334 g/mol. The van der Waals surface area contributed by atoms with Gasteiger partial charge in [0.05, 0.1) is 12.5 Å². The molecule has 1 aromatic carbocycles. The molecule has 0 saturated carbocycles. The van der Waals surface area contributed by atoms with Crippen molar-refractivity contribution < 1.29 is 9.90 Å². The molecular weight excluding hydrogens is 320 g/mol. The Morgan fingerprint density at radius 1 is 1.28 bits per heavy atom. The normalized spacial score (nSPS) is 11.1. The maximum absolute atomic E-state index is 11.3. The Morgan fingerprint density at radius 3 is 2.96 bits per heavy atom. The molecule has 0 aliphatic rings. The van der Waals surface area contributed by atoms with Gasteiger partial charge in [0.2, 0.25) is 0 Å². The van der Waals surface area contributed by atoms with Gasteiger partial charge in [-0.2, -0.15) is 0 Å². The smallest absolute Gasteiger partial charge is 0.339 e. The van der Waals surface area contributed by atoms with Crippen LogP contribution in [0.3, 0.4) is 0 Å². The molecule has 0 unspecified atom stereocenters. The molecule has 0 amide bonds. The summed E-state index contributed by atoms with van der Waals surface area (Å²) in [4.78, 5) is 27.0. The van der Waals surface area contributed by atoms with Crippen molar-refractivity contribution in [1.29, 1.82) is 0 Å². The fraction of sp³-hybridized carbons (Fsp3) is 0.0588. The minimum Gasteiger partial charge on any atom is -0.478 e. The second-order valence-electron chi connectivity index (χ2n) is 5.50. The van der Waals surface area contributed by atoms with E-state index in [0.29, 0.717) is 29.1 Å². The Hall–Kier alpha value is -3.52. The van der Waals surface area contributed by atoms with Gasteiger partial charge in [-0.1, -0.05) is 12.1 Å². The Balaban J connectivity index is 1.75. The number of carboxylic acids is 1. The molecule has 124 valence electrons. The molecule has 4 rings (SSSR count). The van der Waals surface area contributed by atoms with Crippen LogP contribution in [0.15, 0.2) is 49.2 Å². The molecule has 4 N–H and O–H groups in total. The van der Waals surface area contributed by atoms with Crippen LogP contribution in [-0.2, 0) is 6.54 Å².